The highest BCUT2D eigenvalue weighted by atomic mass is 35.5. The molecule has 142 valence electrons. The van der Waals surface area contributed by atoms with E-state index in [0.29, 0.717) is 17.3 Å². The lowest BCUT2D eigenvalue weighted by Gasteiger charge is -2.20. The van der Waals surface area contributed by atoms with Crippen molar-refractivity contribution in [2.24, 2.45) is 5.92 Å². The minimum absolute atomic E-state index is 0.112. The van der Waals surface area contributed by atoms with E-state index in [9.17, 15) is 14.4 Å². The average molecular weight is 382 g/mol. The second kappa shape index (κ2) is 8.40. The van der Waals surface area contributed by atoms with Gasteiger partial charge in [0.2, 0.25) is 11.8 Å². The van der Waals surface area contributed by atoms with Crippen LogP contribution in [0.1, 0.15) is 27.2 Å². The highest BCUT2D eigenvalue weighted by Gasteiger charge is 2.35. The smallest absolute Gasteiger partial charge is 0.407 e. The van der Waals surface area contributed by atoms with Gasteiger partial charge < -0.3 is 20.3 Å². The van der Waals surface area contributed by atoms with Crippen molar-refractivity contribution in [3.05, 3.63) is 29.3 Å². The lowest BCUT2D eigenvalue weighted by Crippen LogP contribution is -2.40. The number of amides is 3. The molecule has 1 aliphatic rings. The van der Waals surface area contributed by atoms with E-state index < -0.39 is 17.6 Å². The summed E-state index contributed by atoms with van der Waals surface area (Å²) in [6.45, 7) is 6.15. The molecule has 1 aromatic rings. The number of alkyl carbamates (subject to hydrolysis) is 1. The van der Waals surface area contributed by atoms with Crippen LogP contribution in [-0.2, 0) is 14.3 Å². The second-order valence-electron chi connectivity index (χ2n) is 7.10. The Morgan fingerprint density at radius 3 is 2.62 bits per heavy atom. The topological polar surface area (TPSA) is 87.7 Å². The zero-order valence-corrected chi connectivity index (χ0v) is 15.9. The highest BCUT2D eigenvalue weighted by Crippen LogP contribution is 2.27. The Labute approximate surface area is 158 Å². The molecule has 0 saturated carbocycles. The molecule has 0 bridgehead atoms. The van der Waals surface area contributed by atoms with Gasteiger partial charge in [-0.2, -0.15) is 0 Å². The molecule has 7 nitrogen and oxygen atoms in total. The van der Waals surface area contributed by atoms with Gasteiger partial charge in [-0.15, -0.1) is 0 Å². The number of anilines is 1. The summed E-state index contributed by atoms with van der Waals surface area (Å²) in [5.74, 6) is -0.754. The Kier molecular flexibility index (Phi) is 6.47. The summed E-state index contributed by atoms with van der Waals surface area (Å²) in [5.41, 5.74) is 0.117. The molecule has 0 spiro atoms. The molecule has 1 saturated heterocycles. The van der Waals surface area contributed by atoms with Crippen LogP contribution in [0.2, 0.25) is 5.02 Å². The summed E-state index contributed by atoms with van der Waals surface area (Å²) in [4.78, 5) is 37.5. The van der Waals surface area contributed by atoms with Crippen LogP contribution in [-0.4, -0.2) is 43.1 Å². The van der Waals surface area contributed by atoms with E-state index in [2.05, 4.69) is 10.6 Å². The molecule has 2 rings (SSSR count). The van der Waals surface area contributed by atoms with Crippen molar-refractivity contribution < 1.29 is 19.1 Å². The van der Waals surface area contributed by atoms with Crippen molar-refractivity contribution >= 4 is 35.2 Å². The van der Waals surface area contributed by atoms with Gasteiger partial charge in [-0.1, -0.05) is 17.7 Å². The van der Waals surface area contributed by atoms with Crippen molar-refractivity contribution in [3.8, 4) is 0 Å². The van der Waals surface area contributed by atoms with Crippen LogP contribution in [0.25, 0.3) is 0 Å². The van der Waals surface area contributed by atoms with Gasteiger partial charge in [-0.3, -0.25) is 9.59 Å². The summed E-state index contributed by atoms with van der Waals surface area (Å²) in [5, 5.41) is 5.84. The summed E-state index contributed by atoms with van der Waals surface area (Å²) in [7, 11) is 0. The Hall–Kier alpha value is -2.28. The van der Waals surface area contributed by atoms with Gasteiger partial charge in [0, 0.05) is 36.8 Å². The first kappa shape index (κ1) is 20.0. The molecule has 0 unspecified atom stereocenters. The number of halogens is 1. The molecular weight excluding hydrogens is 358 g/mol. The molecule has 1 fully saturated rings. The number of benzene rings is 1. The van der Waals surface area contributed by atoms with Crippen molar-refractivity contribution in [2.45, 2.75) is 32.8 Å². The maximum absolute atomic E-state index is 12.2. The number of hydrogen-bond donors (Lipinski definition) is 2. The molecule has 8 heteroatoms. The molecule has 0 radical (unpaired) electrons. The summed E-state index contributed by atoms with van der Waals surface area (Å²) >= 11 is 5.96. The summed E-state index contributed by atoms with van der Waals surface area (Å²) < 4.78 is 5.11. The number of nitrogens with one attached hydrogen (secondary N) is 2. The van der Waals surface area contributed by atoms with Gasteiger partial charge >= 0.3 is 6.09 Å². The molecule has 0 aliphatic carbocycles. The summed E-state index contributed by atoms with van der Waals surface area (Å²) in [6, 6.07) is 6.98. The van der Waals surface area contributed by atoms with E-state index in [1.165, 1.54) is 0 Å². The SMILES string of the molecule is CC(C)(C)OC(=O)NCCNC(=O)[C@@H]1CC(=O)N(c2cccc(Cl)c2)C1. The van der Waals surface area contributed by atoms with E-state index in [1.54, 1.807) is 49.9 Å². The van der Waals surface area contributed by atoms with E-state index in [1.807, 2.05) is 0 Å². The fourth-order valence-electron chi connectivity index (χ4n) is 2.59. The first-order chi connectivity index (χ1) is 12.2. The molecule has 1 atom stereocenters. The molecule has 1 aromatic carbocycles. The molecule has 26 heavy (non-hydrogen) atoms. The minimum Gasteiger partial charge on any atom is -0.444 e. The fraction of sp³-hybridized carbons (Fsp3) is 0.500. The monoisotopic (exact) mass is 381 g/mol. The zero-order valence-electron chi connectivity index (χ0n) is 15.2. The number of carbonyl (C=O) groups is 3. The normalized spacial score (nSPS) is 17.2. The van der Waals surface area contributed by atoms with E-state index >= 15 is 0 Å². The van der Waals surface area contributed by atoms with Gasteiger partial charge in [-0.25, -0.2) is 4.79 Å². The maximum Gasteiger partial charge on any atom is 0.407 e. The van der Waals surface area contributed by atoms with Crippen molar-refractivity contribution in [3.63, 3.8) is 0 Å². The van der Waals surface area contributed by atoms with Crippen molar-refractivity contribution in [1.29, 1.82) is 0 Å². The van der Waals surface area contributed by atoms with Crippen molar-refractivity contribution in [2.75, 3.05) is 24.5 Å². The fourth-order valence-corrected chi connectivity index (χ4v) is 2.77. The standard InChI is InChI=1S/C18H24ClN3O4/c1-18(2,3)26-17(25)21-8-7-20-16(24)12-9-15(23)22(11-12)14-6-4-5-13(19)10-14/h4-6,10,12H,7-9,11H2,1-3H3,(H,20,24)(H,21,25)/t12-/m1/s1. The molecular formula is C18H24ClN3O4. The predicted molar refractivity (Wildman–Crippen MR) is 99.2 cm³/mol. The lowest BCUT2D eigenvalue weighted by atomic mass is 10.1. The zero-order chi connectivity index (χ0) is 19.3. The second-order valence-corrected chi connectivity index (χ2v) is 7.54. The lowest BCUT2D eigenvalue weighted by molar-refractivity contribution is -0.126. The average Bonchev–Trinajstić information content (AvgIpc) is 2.91. The number of rotatable bonds is 5. The summed E-state index contributed by atoms with van der Waals surface area (Å²) in [6.07, 6.45) is -0.382. The highest BCUT2D eigenvalue weighted by molar-refractivity contribution is 6.31. The quantitative estimate of drug-likeness (QED) is 0.766. The molecule has 1 aliphatic heterocycles. The van der Waals surface area contributed by atoms with Crippen molar-refractivity contribution in [1.82, 2.24) is 10.6 Å². The number of ether oxygens (including phenoxy) is 1. The number of hydrogen-bond acceptors (Lipinski definition) is 4. The Balaban J connectivity index is 1.77. The first-order valence-electron chi connectivity index (χ1n) is 8.46. The Bertz CT molecular complexity index is 687. The maximum atomic E-state index is 12.2. The van der Waals surface area contributed by atoms with Crippen LogP contribution in [0.4, 0.5) is 10.5 Å². The van der Waals surface area contributed by atoms with Crippen LogP contribution < -0.4 is 15.5 Å². The third-order valence-corrected chi connectivity index (χ3v) is 3.94. The van der Waals surface area contributed by atoms with Crippen LogP contribution in [0.5, 0.6) is 0 Å². The van der Waals surface area contributed by atoms with E-state index in [-0.39, 0.29) is 31.3 Å². The van der Waals surface area contributed by atoms with E-state index in [4.69, 9.17) is 16.3 Å². The number of nitrogens with zero attached hydrogens (tertiary/aromatic N) is 1. The molecule has 1 heterocycles. The molecule has 3 amide bonds. The minimum atomic E-state index is -0.568. The third kappa shape index (κ3) is 5.91. The largest absolute Gasteiger partial charge is 0.444 e. The van der Waals surface area contributed by atoms with Crippen LogP contribution in [0.3, 0.4) is 0 Å². The van der Waals surface area contributed by atoms with Gasteiger partial charge in [0.25, 0.3) is 0 Å². The van der Waals surface area contributed by atoms with Gasteiger partial charge in [0.15, 0.2) is 0 Å². The first-order valence-corrected chi connectivity index (χ1v) is 8.84. The Morgan fingerprint density at radius 2 is 1.96 bits per heavy atom. The van der Waals surface area contributed by atoms with Crippen LogP contribution in [0, 0.1) is 5.92 Å². The molecule has 0 aromatic heterocycles. The van der Waals surface area contributed by atoms with Crippen LogP contribution >= 0.6 is 11.6 Å². The molecule has 2 N–H and O–H groups in total. The predicted octanol–water partition coefficient (Wildman–Crippen LogP) is 2.33. The Morgan fingerprint density at radius 1 is 1.27 bits per heavy atom. The van der Waals surface area contributed by atoms with Gasteiger partial charge in [0.05, 0.1) is 5.92 Å². The van der Waals surface area contributed by atoms with Gasteiger partial charge in [0.1, 0.15) is 5.60 Å². The number of carbonyl (C=O) groups excluding carboxylic acids is 3. The van der Waals surface area contributed by atoms with Gasteiger partial charge in [-0.05, 0) is 39.0 Å². The third-order valence-electron chi connectivity index (χ3n) is 3.71. The van der Waals surface area contributed by atoms with E-state index in [0.717, 1.165) is 0 Å². The van der Waals surface area contributed by atoms with Crippen LogP contribution in [0.15, 0.2) is 24.3 Å².